The molecule has 4 nitrogen and oxygen atoms in total. The van der Waals surface area contributed by atoms with E-state index in [0.717, 1.165) is 51.0 Å². The molecule has 2 fully saturated rings. The molecule has 0 radical (unpaired) electrons. The molecule has 3 aliphatic rings. The van der Waals surface area contributed by atoms with Crippen LogP contribution >= 0.6 is 0 Å². The van der Waals surface area contributed by atoms with Gasteiger partial charge in [0.1, 0.15) is 5.82 Å². The van der Waals surface area contributed by atoms with Gasteiger partial charge >= 0.3 is 0 Å². The molecular weight excluding hydrogens is 473 g/mol. The highest BCUT2D eigenvalue weighted by atomic mass is 19.1. The highest BCUT2D eigenvalue weighted by molar-refractivity contribution is 5.86. The Morgan fingerprint density at radius 1 is 1.05 bits per heavy atom. The number of rotatable bonds is 6. The minimum atomic E-state index is -0.254. The molecule has 1 unspecified atom stereocenters. The summed E-state index contributed by atoms with van der Waals surface area (Å²) in [5.41, 5.74) is 4.83. The van der Waals surface area contributed by atoms with Gasteiger partial charge in [-0.3, -0.25) is 4.79 Å². The molecule has 5 heteroatoms. The first-order valence-corrected chi connectivity index (χ1v) is 14.8. The summed E-state index contributed by atoms with van der Waals surface area (Å²) in [4.78, 5) is 22.3. The topological polar surface area (TPSA) is 39.3 Å². The number of halogens is 1. The van der Waals surface area contributed by atoms with E-state index in [9.17, 15) is 9.18 Å². The molecule has 3 aromatic rings. The zero-order valence-electron chi connectivity index (χ0n) is 23.0. The van der Waals surface area contributed by atoms with Gasteiger partial charge in [-0.05, 0) is 93.8 Å². The van der Waals surface area contributed by atoms with Crippen molar-refractivity contribution in [2.45, 2.75) is 82.2 Å². The molecular formula is C33H42FN3O. The second kappa shape index (κ2) is 10.5. The maximum Gasteiger partial charge on any atom is 0.223 e. The fourth-order valence-corrected chi connectivity index (χ4v) is 8.16. The van der Waals surface area contributed by atoms with Gasteiger partial charge in [0.05, 0.1) is 5.54 Å². The first kappa shape index (κ1) is 25.6. The van der Waals surface area contributed by atoms with Crippen molar-refractivity contribution in [1.82, 2.24) is 14.8 Å². The van der Waals surface area contributed by atoms with Gasteiger partial charge in [0.25, 0.3) is 0 Å². The van der Waals surface area contributed by atoms with Crippen LogP contribution in [0, 0.1) is 17.7 Å². The van der Waals surface area contributed by atoms with Crippen molar-refractivity contribution in [2.75, 3.05) is 20.6 Å². The molecule has 1 amide bonds. The lowest BCUT2D eigenvalue weighted by atomic mass is 9.68. The summed E-state index contributed by atoms with van der Waals surface area (Å²) in [5, 5.41) is 1.32. The molecule has 1 atom stereocenters. The molecule has 6 rings (SSSR count). The number of hydrogen-bond donors (Lipinski definition) is 1. The van der Waals surface area contributed by atoms with Crippen molar-refractivity contribution in [1.29, 1.82) is 0 Å². The monoisotopic (exact) mass is 515 g/mol. The summed E-state index contributed by atoms with van der Waals surface area (Å²) < 4.78 is 13.7. The summed E-state index contributed by atoms with van der Waals surface area (Å²) in [5.74, 6) is 1.36. The van der Waals surface area contributed by atoms with Gasteiger partial charge < -0.3 is 14.8 Å². The van der Waals surface area contributed by atoms with Gasteiger partial charge in [0.15, 0.2) is 0 Å². The van der Waals surface area contributed by atoms with Crippen LogP contribution in [-0.2, 0) is 16.8 Å². The van der Waals surface area contributed by atoms with E-state index in [1.54, 1.807) is 12.1 Å². The van der Waals surface area contributed by atoms with Gasteiger partial charge in [-0.1, -0.05) is 56.0 Å². The van der Waals surface area contributed by atoms with E-state index in [1.165, 1.54) is 53.4 Å². The second-order valence-electron chi connectivity index (χ2n) is 12.3. The highest BCUT2D eigenvalue weighted by Gasteiger charge is 2.49. The zero-order valence-corrected chi connectivity index (χ0v) is 23.0. The second-order valence-corrected chi connectivity index (χ2v) is 12.3. The third kappa shape index (κ3) is 4.57. The number of aromatic nitrogens is 1. The number of aromatic amines is 1. The third-order valence-electron chi connectivity index (χ3n) is 10.00. The molecule has 1 N–H and O–H groups in total. The Morgan fingerprint density at radius 3 is 2.47 bits per heavy atom. The van der Waals surface area contributed by atoms with Gasteiger partial charge in [0.2, 0.25) is 5.91 Å². The number of fused-ring (bicyclic) bond motifs is 4. The average molecular weight is 516 g/mol. The third-order valence-corrected chi connectivity index (χ3v) is 10.00. The Balaban J connectivity index is 1.30. The predicted octanol–water partition coefficient (Wildman–Crippen LogP) is 7.35. The number of para-hydroxylation sites is 1. The molecule has 2 aliphatic carbocycles. The van der Waals surface area contributed by atoms with Crippen LogP contribution in [0.4, 0.5) is 4.39 Å². The number of nitrogens with zero attached hydrogens (tertiary/aromatic N) is 2. The van der Waals surface area contributed by atoms with E-state index >= 15 is 0 Å². The molecule has 38 heavy (non-hydrogen) atoms. The number of H-pyrrole nitrogens is 1. The Labute approximate surface area is 226 Å². The number of carbonyl (C=O) groups excluding carboxylic acids is 1. The lowest BCUT2D eigenvalue weighted by molar-refractivity contribution is -0.142. The molecule has 2 heterocycles. The van der Waals surface area contributed by atoms with E-state index in [-0.39, 0.29) is 17.4 Å². The van der Waals surface area contributed by atoms with E-state index in [4.69, 9.17) is 0 Å². The lowest BCUT2D eigenvalue weighted by Gasteiger charge is -2.52. The maximum atomic E-state index is 13.9. The van der Waals surface area contributed by atoms with Crippen LogP contribution in [0.5, 0.6) is 0 Å². The zero-order chi connectivity index (χ0) is 26.3. The van der Waals surface area contributed by atoms with Crippen LogP contribution in [-0.4, -0.2) is 41.3 Å². The fraction of sp³-hybridized carbons (Fsp3) is 0.545. The average Bonchev–Trinajstić information content (AvgIpc) is 3.58. The normalized spacial score (nSPS) is 24.8. The van der Waals surface area contributed by atoms with Gasteiger partial charge in [-0.15, -0.1) is 0 Å². The van der Waals surface area contributed by atoms with Crippen molar-refractivity contribution < 1.29 is 9.18 Å². The molecule has 1 aliphatic heterocycles. The molecule has 2 saturated carbocycles. The highest BCUT2D eigenvalue weighted by Crippen LogP contribution is 2.51. The van der Waals surface area contributed by atoms with E-state index in [1.807, 2.05) is 12.1 Å². The Morgan fingerprint density at radius 2 is 1.76 bits per heavy atom. The summed E-state index contributed by atoms with van der Waals surface area (Å²) in [6.45, 7) is 0.818. The van der Waals surface area contributed by atoms with Gasteiger partial charge in [0, 0.05) is 35.6 Å². The molecule has 1 aromatic heterocycles. The first-order chi connectivity index (χ1) is 18.5. The largest absolute Gasteiger partial charge is 0.356 e. The van der Waals surface area contributed by atoms with Crippen LogP contribution in [0.3, 0.4) is 0 Å². The number of nitrogens with one attached hydrogen (secondary N) is 1. The predicted molar refractivity (Wildman–Crippen MR) is 151 cm³/mol. The van der Waals surface area contributed by atoms with E-state index in [2.05, 4.69) is 53.1 Å². The molecule has 202 valence electrons. The van der Waals surface area contributed by atoms with Crippen LogP contribution in [0.15, 0.2) is 48.5 Å². The van der Waals surface area contributed by atoms with Crippen molar-refractivity contribution in [3.8, 4) is 0 Å². The van der Waals surface area contributed by atoms with Crippen LogP contribution in [0.2, 0.25) is 0 Å². The minimum absolute atomic E-state index is 0.186. The van der Waals surface area contributed by atoms with Crippen molar-refractivity contribution >= 4 is 16.8 Å². The summed E-state index contributed by atoms with van der Waals surface area (Å²) >= 11 is 0. The number of hydrogen-bond acceptors (Lipinski definition) is 2. The van der Waals surface area contributed by atoms with Crippen LogP contribution in [0.25, 0.3) is 10.9 Å². The van der Waals surface area contributed by atoms with Crippen molar-refractivity contribution in [3.63, 3.8) is 0 Å². The molecule has 0 saturated heterocycles. The minimum Gasteiger partial charge on any atom is -0.356 e. The quantitative estimate of drug-likeness (QED) is 0.373. The van der Waals surface area contributed by atoms with Gasteiger partial charge in [-0.2, -0.15) is 0 Å². The summed E-state index contributed by atoms with van der Waals surface area (Å²) in [6.07, 6.45) is 11.9. The van der Waals surface area contributed by atoms with Crippen LogP contribution < -0.4 is 0 Å². The van der Waals surface area contributed by atoms with E-state index in [0.29, 0.717) is 18.2 Å². The van der Waals surface area contributed by atoms with Crippen molar-refractivity contribution in [3.05, 3.63) is 71.2 Å². The lowest BCUT2D eigenvalue weighted by Crippen LogP contribution is -2.55. The number of amides is 1. The fourth-order valence-electron chi connectivity index (χ4n) is 8.16. The van der Waals surface area contributed by atoms with Crippen LogP contribution in [0.1, 0.15) is 87.1 Å². The molecule has 0 bridgehead atoms. The standard InChI is InChI=1S/C33H42FN3O/c1-36(2)31(24-12-14-26(34)15-13-24)25-17-20-33(21-18-25)32-28(27-9-5-6-10-29(27)35-32)19-22-37(33)30(38)16-11-23-7-3-4-8-23/h5-6,9-10,12-15,23,25,31,35H,3-4,7-8,11,16-22H2,1-2H3. The smallest absolute Gasteiger partial charge is 0.223 e. The SMILES string of the molecule is CN(C)C(c1ccc(F)cc1)C1CCC2(CC1)c1[nH]c3ccccc3c1CCN2C(=O)CCC1CCCC1. The Hall–Kier alpha value is -2.66. The number of benzene rings is 2. The van der Waals surface area contributed by atoms with E-state index < -0.39 is 0 Å². The number of carbonyl (C=O) groups is 1. The maximum absolute atomic E-state index is 13.9. The molecule has 2 aromatic carbocycles. The summed E-state index contributed by atoms with van der Waals surface area (Å²) in [7, 11) is 4.27. The molecule has 1 spiro atoms. The summed E-state index contributed by atoms with van der Waals surface area (Å²) in [6, 6.07) is 15.9. The Kier molecular flexibility index (Phi) is 7.07. The van der Waals surface area contributed by atoms with Gasteiger partial charge in [-0.25, -0.2) is 4.39 Å². The Bertz CT molecular complexity index is 1270. The first-order valence-electron chi connectivity index (χ1n) is 14.8. The van der Waals surface area contributed by atoms with Crippen molar-refractivity contribution in [2.24, 2.45) is 11.8 Å².